The average molecular weight is 401 g/mol. The van der Waals surface area contributed by atoms with Gasteiger partial charge in [-0.3, -0.25) is 4.79 Å². The number of thioether (sulfide) groups is 2. The highest BCUT2D eigenvalue weighted by molar-refractivity contribution is 8.20. The van der Waals surface area contributed by atoms with E-state index in [9.17, 15) is 4.79 Å². The number of aromatic nitrogens is 2. The molecule has 1 aliphatic heterocycles. The standard InChI is InChI=1S/C23H16N2OS2/c26-20(16-9-3-1-4-10-16)15-23(17-11-5-2-6-12-17)27-21-22(28-23)25-19-14-8-7-13-18(19)24-21/h1-14H,15H2. The van der Waals surface area contributed by atoms with E-state index < -0.39 is 4.08 Å². The van der Waals surface area contributed by atoms with Crippen LogP contribution in [0.25, 0.3) is 11.0 Å². The molecule has 1 aliphatic rings. The number of nitrogens with zero attached hydrogens (tertiary/aromatic N) is 2. The highest BCUT2D eigenvalue weighted by atomic mass is 32.2. The first kappa shape index (κ1) is 17.5. The van der Waals surface area contributed by atoms with E-state index in [0.29, 0.717) is 6.42 Å². The van der Waals surface area contributed by atoms with Crippen molar-refractivity contribution in [2.24, 2.45) is 0 Å². The molecule has 1 aromatic heterocycles. The number of fused-ring (bicyclic) bond motifs is 2. The number of ketones is 1. The van der Waals surface area contributed by atoms with Gasteiger partial charge in [0, 0.05) is 12.0 Å². The minimum Gasteiger partial charge on any atom is -0.294 e. The highest BCUT2D eigenvalue weighted by Crippen LogP contribution is 2.62. The Labute approximate surface area is 171 Å². The van der Waals surface area contributed by atoms with Gasteiger partial charge in [-0.2, -0.15) is 0 Å². The maximum Gasteiger partial charge on any atom is 0.165 e. The lowest BCUT2D eigenvalue weighted by Gasteiger charge is -2.26. The first-order chi connectivity index (χ1) is 13.7. The molecule has 0 fully saturated rings. The summed E-state index contributed by atoms with van der Waals surface area (Å²) in [5.74, 6) is 0.127. The van der Waals surface area contributed by atoms with Gasteiger partial charge in [0.2, 0.25) is 0 Å². The molecule has 0 radical (unpaired) electrons. The second-order valence-electron chi connectivity index (χ2n) is 6.61. The van der Waals surface area contributed by atoms with Gasteiger partial charge in [0.05, 0.1) is 11.0 Å². The van der Waals surface area contributed by atoms with Gasteiger partial charge in [0.25, 0.3) is 0 Å². The fourth-order valence-corrected chi connectivity index (χ4v) is 6.34. The van der Waals surface area contributed by atoms with Gasteiger partial charge in [-0.1, -0.05) is 96.3 Å². The van der Waals surface area contributed by atoms with Crippen molar-refractivity contribution in [2.75, 3.05) is 0 Å². The minimum absolute atomic E-state index is 0.127. The average Bonchev–Trinajstić information content (AvgIpc) is 3.11. The summed E-state index contributed by atoms with van der Waals surface area (Å²) < 4.78 is -0.464. The molecule has 0 unspecified atom stereocenters. The molecule has 0 saturated heterocycles. The van der Waals surface area contributed by atoms with E-state index in [0.717, 1.165) is 32.2 Å². The van der Waals surface area contributed by atoms with E-state index >= 15 is 0 Å². The van der Waals surface area contributed by atoms with Gasteiger partial charge in [-0.25, -0.2) is 9.97 Å². The zero-order chi connectivity index (χ0) is 19.0. The number of carbonyl (C=O) groups excluding carboxylic acids is 1. The van der Waals surface area contributed by atoms with Crippen molar-refractivity contribution in [3.05, 3.63) is 96.1 Å². The Morgan fingerprint density at radius 3 is 1.79 bits per heavy atom. The first-order valence-corrected chi connectivity index (χ1v) is 10.7. The van der Waals surface area contributed by atoms with Gasteiger partial charge >= 0.3 is 0 Å². The number of carbonyl (C=O) groups is 1. The molecule has 5 heteroatoms. The number of Topliss-reactive ketones (excluding diaryl/α,β-unsaturated/α-hetero) is 1. The summed E-state index contributed by atoms with van der Waals surface area (Å²) in [5, 5.41) is 1.79. The zero-order valence-electron chi connectivity index (χ0n) is 14.9. The maximum absolute atomic E-state index is 13.1. The van der Waals surface area contributed by atoms with Crippen molar-refractivity contribution in [3.8, 4) is 0 Å². The summed E-state index contributed by atoms with van der Waals surface area (Å²) in [7, 11) is 0. The molecule has 0 atom stereocenters. The lowest BCUT2D eigenvalue weighted by Crippen LogP contribution is -2.20. The normalized spacial score (nSPS) is 14.7. The lowest BCUT2D eigenvalue weighted by atomic mass is 10.0. The first-order valence-electron chi connectivity index (χ1n) is 9.02. The third-order valence-electron chi connectivity index (χ3n) is 4.73. The SMILES string of the molecule is O=C(CC1(c2ccccc2)Sc2nc3ccccc3nc2S1)c1ccccc1. The third kappa shape index (κ3) is 3.11. The molecule has 28 heavy (non-hydrogen) atoms. The number of rotatable bonds is 4. The minimum atomic E-state index is -0.464. The van der Waals surface area contributed by atoms with Gasteiger partial charge in [-0.15, -0.1) is 0 Å². The van der Waals surface area contributed by atoms with Crippen LogP contribution in [0.2, 0.25) is 0 Å². The van der Waals surface area contributed by atoms with Crippen molar-refractivity contribution < 1.29 is 4.79 Å². The van der Waals surface area contributed by atoms with Crippen LogP contribution in [0.5, 0.6) is 0 Å². The fourth-order valence-electron chi connectivity index (χ4n) is 3.36. The number of para-hydroxylation sites is 2. The summed E-state index contributed by atoms with van der Waals surface area (Å²) >= 11 is 3.29. The summed E-state index contributed by atoms with van der Waals surface area (Å²) in [6.07, 6.45) is 0.380. The molecule has 0 aliphatic carbocycles. The van der Waals surface area contributed by atoms with E-state index in [2.05, 4.69) is 12.1 Å². The van der Waals surface area contributed by atoms with Crippen LogP contribution in [0.3, 0.4) is 0 Å². The van der Waals surface area contributed by atoms with Crippen molar-refractivity contribution in [3.63, 3.8) is 0 Å². The van der Waals surface area contributed by atoms with E-state index in [1.807, 2.05) is 72.8 Å². The van der Waals surface area contributed by atoms with Crippen LogP contribution in [0, 0.1) is 0 Å². The molecule has 3 nitrogen and oxygen atoms in total. The predicted molar refractivity (Wildman–Crippen MR) is 115 cm³/mol. The molecule has 0 amide bonds. The Bertz CT molecular complexity index is 1120. The Balaban J connectivity index is 1.58. The van der Waals surface area contributed by atoms with Crippen LogP contribution in [0.1, 0.15) is 22.3 Å². The quantitative estimate of drug-likeness (QED) is 0.396. The second-order valence-corrected chi connectivity index (χ2v) is 9.45. The highest BCUT2D eigenvalue weighted by Gasteiger charge is 2.44. The van der Waals surface area contributed by atoms with Crippen molar-refractivity contribution in [1.29, 1.82) is 0 Å². The Morgan fingerprint density at radius 2 is 1.21 bits per heavy atom. The van der Waals surface area contributed by atoms with E-state index in [4.69, 9.17) is 9.97 Å². The zero-order valence-corrected chi connectivity index (χ0v) is 16.5. The monoisotopic (exact) mass is 400 g/mol. The molecule has 0 spiro atoms. The number of hydrogen-bond donors (Lipinski definition) is 0. The van der Waals surface area contributed by atoms with Crippen LogP contribution in [-0.4, -0.2) is 15.8 Å². The number of benzene rings is 3. The molecule has 4 aromatic rings. The van der Waals surface area contributed by atoms with Crippen LogP contribution < -0.4 is 0 Å². The Hall–Kier alpha value is -2.63. The van der Waals surface area contributed by atoms with Crippen LogP contribution in [0.4, 0.5) is 0 Å². The summed E-state index contributed by atoms with van der Waals surface area (Å²) in [5.41, 5.74) is 3.61. The predicted octanol–water partition coefficient (Wildman–Crippen LogP) is 5.95. The molecular formula is C23H16N2OS2. The lowest BCUT2D eigenvalue weighted by molar-refractivity contribution is 0.0979. The largest absolute Gasteiger partial charge is 0.294 e. The van der Waals surface area contributed by atoms with E-state index in [1.165, 1.54) is 0 Å². The summed E-state index contributed by atoms with van der Waals surface area (Å²) in [4.78, 5) is 22.7. The maximum atomic E-state index is 13.1. The van der Waals surface area contributed by atoms with Crippen LogP contribution >= 0.6 is 23.5 Å². The number of hydrogen-bond acceptors (Lipinski definition) is 5. The molecule has 0 saturated carbocycles. The van der Waals surface area contributed by atoms with Gasteiger partial charge in [-0.05, 0) is 17.7 Å². The van der Waals surface area contributed by atoms with Gasteiger partial charge < -0.3 is 0 Å². The van der Waals surface area contributed by atoms with E-state index in [-0.39, 0.29) is 5.78 Å². The topological polar surface area (TPSA) is 42.9 Å². The third-order valence-corrected chi connectivity index (χ3v) is 7.74. The summed E-state index contributed by atoms with van der Waals surface area (Å²) in [6.45, 7) is 0. The van der Waals surface area contributed by atoms with Crippen LogP contribution in [0.15, 0.2) is 95.0 Å². The second kappa shape index (κ2) is 7.08. The van der Waals surface area contributed by atoms with Crippen molar-refractivity contribution >= 4 is 40.3 Å². The molecule has 0 bridgehead atoms. The molecule has 136 valence electrons. The smallest absolute Gasteiger partial charge is 0.165 e. The molecule has 3 aromatic carbocycles. The Kier molecular flexibility index (Phi) is 4.41. The molecule has 2 heterocycles. The Morgan fingerprint density at radius 1 is 0.714 bits per heavy atom. The molecular weight excluding hydrogens is 384 g/mol. The van der Waals surface area contributed by atoms with Crippen molar-refractivity contribution in [1.82, 2.24) is 9.97 Å². The van der Waals surface area contributed by atoms with E-state index in [1.54, 1.807) is 23.5 Å². The van der Waals surface area contributed by atoms with Gasteiger partial charge in [0.1, 0.15) is 14.1 Å². The summed E-state index contributed by atoms with van der Waals surface area (Å²) in [6, 6.07) is 27.6. The van der Waals surface area contributed by atoms with Crippen molar-refractivity contribution in [2.45, 2.75) is 20.6 Å². The molecule has 0 N–H and O–H groups in total. The van der Waals surface area contributed by atoms with Crippen LogP contribution in [-0.2, 0) is 4.08 Å². The molecule has 5 rings (SSSR count). The fraction of sp³-hybridized carbons (Fsp3) is 0.0870. The van der Waals surface area contributed by atoms with Gasteiger partial charge in [0.15, 0.2) is 5.78 Å².